The third kappa shape index (κ3) is 3.74. The molecule has 2 fully saturated rings. The van der Waals surface area contributed by atoms with Gasteiger partial charge in [0.2, 0.25) is 5.91 Å². The van der Waals surface area contributed by atoms with Crippen molar-refractivity contribution < 1.29 is 14.7 Å². The first-order valence-corrected chi connectivity index (χ1v) is 7.83. The van der Waals surface area contributed by atoms with Crippen molar-refractivity contribution in [2.24, 2.45) is 23.2 Å². The summed E-state index contributed by atoms with van der Waals surface area (Å²) in [6, 6.07) is -0.732. The molecular formula is C16H27NO3. The standard InChI is InChI=1S/C16H27NO3/c1-16(2,3)9-8-12(15(19)20)17-14(18)13-10-6-4-5-7-11(10)13/h10-13H,4-9H2,1-3H3,(H,17,18)(H,19,20). The molecular weight excluding hydrogens is 254 g/mol. The summed E-state index contributed by atoms with van der Waals surface area (Å²) in [6.45, 7) is 6.26. The van der Waals surface area contributed by atoms with Crippen molar-refractivity contribution in [3.63, 3.8) is 0 Å². The molecule has 20 heavy (non-hydrogen) atoms. The van der Waals surface area contributed by atoms with Crippen molar-refractivity contribution in [2.75, 3.05) is 0 Å². The van der Waals surface area contributed by atoms with Gasteiger partial charge < -0.3 is 10.4 Å². The number of amides is 1. The number of carboxylic acid groups (broad SMARTS) is 1. The van der Waals surface area contributed by atoms with Crippen molar-refractivity contribution in [1.29, 1.82) is 0 Å². The van der Waals surface area contributed by atoms with Crippen LogP contribution in [0.25, 0.3) is 0 Å². The van der Waals surface area contributed by atoms with Gasteiger partial charge >= 0.3 is 5.97 Å². The first-order chi connectivity index (χ1) is 9.29. The summed E-state index contributed by atoms with van der Waals surface area (Å²) < 4.78 is 0. The predicted molar refractivity (Wildman–Crippen MR) is 77.2 cm³/mol. The number of fused-ring (bicyclic) bond motifs is 1. The van der Waals surface area contributed by atoms with Crippen LogP contribution in [0.3, 0.4) is 0 Å². The van der Waals surface area contributed by atoms with E-state index in [-0.39, 0.29) is 17.2 Å². The van der Waals surface area contributed by atoms with Gasteiger partial charge in [0.05, 0.1) is 0 Å². The van der Waals surface area contributed by atoms with Gasteiger partial charge in [-0.3, -0.25) is 4.79 Å². The fraction of sp³-hybridized carbons (Fsp3) is 0.875. The molecule has 0 bridgehead atoms. The molecule has 1 amide bonds. The molecule has 0 heterocycles. The van der Waals surface area contributed by atoms with Crippen molar-refractivity contribution >= 4 is 11.9 Å². The lowest BCUT2D eigenvalue weighted by molar-refractivity contribution is -0.142. The Hall–Kier alpha value is -1.06. The van der Waals surface area contributed by atoms with Crippen LogP contribution in [0.2, 0.25) is 0 Å². The van der Waals surface area contributed by atoms with Crippen molar-refractivity contribution in [2.45, 2.75) is 65.3 Å². The zero-order valence-corrected chi connectivity index (χ0v) is 12.8. The quantitative estimate of drug-likeness (QED) is 0.814. The van der Waals surface area contributed by atoms with E-state index in [9.17, 15) is 14.7 Å². The Morgan fingerprint density at radius 2 is 1.75 bits per heavy atom. The van der Waals surface area contributed by atoms with Gasteiger partial charge in [-0.1, -0.05) is 33.6 Å². The van der Waals surface area contributed by atoms with E-state index in [1.54, 1.807) is 0 Å². The lowest BCUT2D eigenvalue weighted by atomic mass is 9.88. The summed E-state index contributed by atoms with van der Waals surface area (Å²) in [5.74, 6) is 0.213. The van der Waals surface area contributed by atoms with E-state index in [1.807, 2.05) is 0 Å². The molecule has 2 rings (SSSR count). The summed E-state index contributed by atoms with van der Waals surface area (Å²) >= 11 is 0. The predicted octanol–water partition coefficient (Wildman–Crippen LogP) is 2.82. The van der Waals surface area contributed by atoms with Crippen LogP contribution in [-0.2, 0) is 9.59 Å². The minimum absolute atomic E-state index is 0.0248. The molecule has 2 aliphatic rings. The van der Waals surface area contributed by atoms with Gasteiger partial charge in [-0.05, 0) is 42.9 Å². The summed E-state index contributed by atoms with van der Waals surface area (Å²) in [6.07, 6.45) is 6.02. The van der Waals surface area contributed by atoms with Crippen LogP contribution in [0.4, 0.5) is 0 Å². The molecule has 0 saturated heterocycles. The zero-order chi connectivity index (χ0) is 14.9. The topological polar surface area (TPSA) is 66.4 Å². The maximum Gasteiger partial charge on any atom is 0.326 e. The SMILES string of the molecule is CC(C)(C)CCC(NC(=O)C1C2CCCCC21)C(=O)O. The molecule has 3 atom stereocenters. The monoisotopic (exact) mass is 281 g/mol. The second-order valence-electron chi connectivity index (χ2n) is 7.64. The fourth-order valence-corrected chi connectivity index (χ4v) is 3.48. The highest BCUT2D eigenvalue weighted by Gasteiger charge is 2.55. The minimum atomic E-state index is -0.911. The second kappa shape index (κ2) is 5.74. The number of carbonyl (C=O) groups is 2. The summed E-state index contributed by atoms with van der Waals surface area (Å²) in [4.78, 5) is 23.5. The van der Waals surface area contributed by atoms with Gasteiger partial charge in [-0.2, -0.15) is 0 Å². The molecule has 2 N–H and O–H groups in total. The second-order valence-corrected chi connectivity index (χ2v) is 7.64. The van der Waals surface area contributed by atoms with E-state index in [2.05, 4.69) is 26.1 Å². The van der Waals surface area contributed by atoms with Gasteiger partial charge in [-0.25, -0.2) is 4.79 Å². The van der Waals surface area contributed by atoms with E-state index >= 15 is 0 Å². The normalized spacial score (nSPS) is 30.2. The smallest absolute Gasteiger partial charge is 0.326 e. The Kier molecular flexibility index (Phi) is 4.40. The molecule has 0 aromatic heterocycles. The molecule has 114 valence electrons. The van der Waals surface area contributed by atoms with Crippen LogP contribution < -0.4 is 5.32 Å². The number of aliphatic carboxylic acids is 1. The third-order valence-electron chi connectivity index (χ3n) is 4.76. The Morgan fingerprint density at radius 3 is 2.20 bits per heavy atom. The van der Waals surface area contributed by atoms with E-state index < -0.39 is 12.0 Å². The van der Waals surface area contributed by atoms with Crippen molar-refractivity contribution in [1.82, 2.24) is 5.32 Å². The molecule has 4 nitrogen and oxygen atoms in total. The van der Waals surface area contributed by atoms with Crippen LogP contribution in [0, 0.1) is 23.2 Å². The van der Waals surface area contributed by atoms with Gasteiger partial charge in [0.25, 0.3) is 0 Å². The summed E-state index contributed by atoms with van der Waals surface area (Å²) in [5.41, 5.74) is 0.0893. The highest BCUT2D eigenvalue weighted by Crippen LogP contribution is 2.55. The van der Waals surface area contributed by atoms with Crippen LogP contribution in [0.1, 0.15) is 59.3 Å². The molecule has 0 radical (unpaired) electrons. The van der Waals surface area contributed by atoms with Crippen LogP contribution in [-0.4, -0.2) is 23.0 Å². The number of nitrogens with one attached hydrogen (secondary N) is 1. The Balaban J connectivity index is 1.85. The van der Waals surface area contributed by atoms with E-state index in [0.29, 0.717) is 18.3 Å². The number of rotatable bonds is 5. The molecule has 0 aromatic rings. The highest BCUT2D eigenvalue weighted by atomic mass is 16.4. The van der Waals surface area contributed by atoms with Gasteiger partial charge in [0, 0.05) is 5.92 Å². The summed E-state index contributed by atoms with van der Waals surface area (Å²) in [7, 11) is 0. The van der Waals surface area contributed by atoms with E-state index in [1.165, 1.54) is 12.8 Å². The van der Waals surface area contributed by atoms with Crippen molar-refractivity contribution in [3.05, 3.63) is 0 Å². The van der Waals surface area contributed by atoms with Crippen LogP contribution in [0.15, 0.2) is 0 Å². The lowest BCUT2D eigenvalue weighted by Crippen LogP contribution is -2.42. The maximum atomic E-state index is 12.2. The highest BCUT2D eigenvalue weighted by molar-refractivity contribution is 5.87. The number of carboxylic acids is 1. The average molecular weight is 281 g/mol. The largest absolute Gasteiger partial charge is 0.480 e. The molecule has 0 spiro atoms. The Bertz CT molecular complexity index is 374. The molecule has 3 unspecified atom stereocenters. The number of hydrogen-bond donors (Lipinski definition) is 2. The van der Waals surface area contributed by atoms with Crippen LogP contribution in [0.5, 0.6) is 0 Å². The Morgan fingerprint density at radius 1 is 1.20 bits per heavy atom. The maximum absolute atomic E-state index is 12.2. The van der Waals surface area contributed by atoms with E-state index in [0.717, 1.165) is 19.3 Å². The summed E-state index contributed by atoms with van der Waals surface area (Å²) in [5, 5.41) is 12.0. The zero-order valence-electron chi connectivity index (χ0n) is 12.8. The van der Waals surface area contributed by atoms with Gasteiger partial charge in [-0.15, -0.1) is 0 Å². The molecule has 2 saturated carbocycles. The molecule has 4 heteroatoms. The van der Waals surface area contributed by atoms with E-state index in [4.69, 9.17) is 0 Å². The molecule has 0 aliphatic heterocycles. The lowest BCUT2D eigenvalue weighted by Gasteiger charge is -2.21. The first-order valence-electron chi connectivity index (χ1n) is 7.83. The average Bonchev–Trinajstić information content (AvgIpc) is 3.06. The van der Waals surface area contributed by atoms with Gasteiger partial charge in [0.15, 0.2) is 0 Å². The number of hydrogen-bond acceptors (Lipinski definition) is 2. The third-order valence-corrected chi connectivity index (χ3v) is 4.76. The van der Waals surface area contributed by atoms with Gasteiger partial charge in [0.1, 0.15) is 6.04 Å². The van der Waals surface area contributed by atoms with Crippen molar-refractivity contribution in [3.8, 4) is 0 Å². The fourth-order valence-electron chi connectivity index (χ4n) is 3.48. The minimum Gasteiger partial charge on any atom is -0.480 e. The molecule has 2 aliphatic carbocycles. The number of carbonyl (C=O) groups excluding carboxylic acids is 1. The van der Waals surface area contributed by atoms with Crippen LogP contribution >= 0.6 is 0 Å². The molecule has 0 aromatic carbocycles. The Labute approximate surface area is 121 Å². The first kappa shape index (κ1) is 15.3.